The molecule has 1 unspecified atom stereocenters. The molecule has 0 aromatic rings. The average Bonchev–Trinajstić information content (AvgIpc) is 2.71. The third-order valence-electron chi connectivity index (χ3n) is 2.44. The van der Waals surface area contributed by atoms with Gasteiger partial charge in [-0.05, 0) is 26.3 Å². The number of hydrogen-bond donors (Lipinski definition) is 1. The quantitative estimate of drug-likeness (QED) is 0.629. The normalized spacial score (nSPS) is 21.6. The van der Waals surface area contributed by atoms with Crippen molar-refractivity contribution in [3.63, 3.8) is 0 Å². The third kappa shape index (κ3) is 1.70. The summed E-state index contributed by atoms with van der Waals surface area (Å²) < 4.78 is 0. The van der Waals surface area contributed by atoms with Crippen molar-refractivity contribution in [3.8, 4) is 0 Å². The number of likely N-dealkylation sites (N-methyl/N-ethyl adjacent to an activating group) is 1. The first kappa shape index (κ1) is 8.02. The summed E-state index contributed by atoms with van der Waals surface area (Å²) in [5.74, 6) is 0. The van der Waals surface area contributed by atoms with E-state index in [4.69, 9.17) is 5.73 Å². The van der Waals surface area contributed by atoms with Crippen molar-refractivity contribution in [2.24, 2.45) is 5.73 Å². The molecule has 0 saturated heterocycles. The first-order valence-corrected chi connectivity index (χ1v) is 4.21. The van der Waals surface area contributed by atoms with Gasteiger partial charge in [-0.3, -0.25) is 4.90 Å². The van der Waals surface area contributed by atoms with Crippen molar-refractivity contribution >= 4 is 0 Å². The van der Waals surface area contributed by atoms with Crippen LogP contribution < -0.4 is 5.73 Å². The Balaban J connectivity index is 2.27. The van der Waals surface area contributed by atoms with Gasteiger partial charge in [0.15, 0.2) is 0 Å². The van der Waals surface area contributed by atoms with Crippen LogP contribution in [-0.4, -0.2) is 30.6 Å². The predicted molar refractivity (Wildman–Crippen MR) is 43.9 cm³/mol. The van der Waals surface area contributed by atoms with E-state index in [-0.39, 0.29) is 0 Å². The molecule has 1 aliphatic rings. The molecule has 0 heterocycles. The van der Waals surface area contributed by atoms with Crippen molar-refractivity contribution in [2.75, 3.05) is 13.6 Å². The molecule has 0 bridgehead atoms. The molecule has 1 fully saturated rings. The van der Waals surface area contributed by atoms with Gasteiger partial charge in [0.1, 0.15) is 0 Å². The van der Waals surface area contributed by atoms with Gasteiger partial charge in [0, 0.05) is 18.6 Å². The first-order chi connectivity index (χ1) is 4.79. The number of rotatable bonds is 4. The second-order valence-corrected chi connectivity index (χ2v) is 3.19. The number of nitrogens with two attached hydrogens (primary N) is 1. The number of hydrogen-bond acceptors (Lipinski definition) is 2. The van der Waals surface area contributed by atoms with E-state index in [0.29, 0.717) is 6.04 Å². The van der Waals surface area contributed by atoms with E-state index < -0.39 is 0 Å². The fourth-order valence-electron chi connectivity index (χ4n) is 1.40. The maximum Gasteiger partial charge on any atom is 0.0215 e. The van der Waals surface area contributed by atoms with Crippen LogP contribution in [0.5, 0.6) is 0 Å². The highest BCUT2D eigenvalue weighted by molar-refractivity contribution is 4.86. The summed E-state index contributed by atoms with van der Waals surface area (Å²) >= 11 is 0. The summed E-state index contributed by atoms with van der Waals surface area (Å²) in [6.07, 6.45) is 3.95. The lowest BCUT2D eigenvalue weighted by atomic mass is 10.2. The Morgan fingerprint density at radius 2 is 2.20 bits per heavy atom. The lowest BCUT2D eigenvalue weighted by Crippen LogP contribution is -2.38. The van der Waals surface area contributed by atoms with E-state index in [1.807, 2.05) is 0 Å². The van der Waals surface area contributed by atoms with Gasteiger partial charge in [0.2, 0.25) is 0 Å². The average molecular weight is 142 g/mol. The molecule has 0 aliphatic heterocycles. The Labute approximate surface area is 63.4 Å². The van der Waals surface area contributed by atoms with Gasteiger partial charge in [-0.25, -0.2) is 0 Å². The van der Waals surface area contributed by atoms with E-state index in [1.54, 1.807) is 0 Å². The Morgan fingerprint density at radius 1 is 1.60 bits per heavy atom. The molecule has 0 spiro atoms. The van der Waals surface area contributed by atoms with Gasteiger partial charge in [0.25, 0.3) is 0 Å². The van der Waals surface area contributed by atoms with Crippen LogP contribution in [0.3, 0.4) is 0 Å². The van der Waals surface area contributed by atoms with Crippen molar-refractivity contribution in [1.29, 1.82) is 0 Å². The lowest BCUT2D eigenvalue weighted by Gasteiger charge is -2.25. The van der Waals surface area contributed by atoms with Crippen LogP contribution in [-0.2, 0) is 0 Å². The highest BCUT2D eigenvalue weighted by Gasteiger charge is 2.29. The molecule has 2 nitrogen and oxygen atoms in total. The minimum absolute atomic E-state index is 0.618. The summed E-state index contributed by atoms with van der Waals surface area (Å²) in [5, 5.41) is 0. The van der Waals surface area contributed by atoms with E-state index in [9.17, 15) is 0 Å². The van der Waals surface area contributed by atoms with Gasteiger partial charge >= 0.3 is 0 Å². The van der Waals surface area contributed by atoms with Gasteiger partial charge in [-0.2, -0.15) is 0 Å². The standard InChI is InChI=1S/C8H18N2/c1-3-7(6-9)10(2)8-4-5-8/h7-8H,3-6,9H2,1-2H3. The monoisotopic (exact) mass is 142 g/mol. The fraction of sp³-hybridized carbons (Fsp3) is 1.00. The lowest BCUT2D eigenvalue weighted by molar-refractivity contribution is 0.231. The second kappa shape index (κ2) is 3.35. The maximum absolute atomic E-state index is 5.61. The van der Waals surface area contributed by atoms with Crippen LogP contribution in [0.4, 0.5) is 0 Å². The second-order valence-electron chi connectivity index (χ2n) is 3.19. The van der Waals surface area contributed by atoms with Crippen LogP contribution in [0.1, 0.15) is 26.2 Å². The molecule has 60 valence electrons. The molecule has 0 radical (unpaired) electrons. The van der Waals surface area contributed by atoms with Crippen LogP contribution in [0.15, 0.2) is 0 Å². The zero-order valence-corrected chi connectivity index (χ0v) is 7.01. The summed E-state index contributed by atoms with van der Waals surface area (Å²) in [6, 6.07) is 1.47. The van der Waals surface area contributed by atoms with Crippen LogP contribution >= 0.6 is 0 Å². The molecule has 0 aromatic heterocycles. The molecule has 2 N–H and O–H groups in total. The van der Waals surface area contributed by atoms with Crippen molar-refractivity contribution in [3.05, 3.63) is 0 Å². The Kier molecular flexibility index (Phi) is 2.69. The topological polar surface area (TPSA) is 29.3 Å². The Morgan fingerprint density at radius 3 is 2.50 bits per heavy atom. The highest BCUT2D eigenvalue weighted by Crippen LogP contribution is 2.27. The molecular formula is C8H18N2. The molecule has 1 rings (SSSR count). The zero-order valence-electron chi connectivity index (χ0n) is 7.01. The molecule has 0 aromatic carbocycles. The summed E-state index contributed by atoms with van der Waals surface area (Å²) in [4.78, 5) is 2.43. The van der Waals surface area contributed by atoms with E-state index in [1.165, 1.54) is 19.3 Å². The minimum Gasteiger partial charge on any atom is -0.329 e. The van der Waals surface area contributed by atoms with E-state index in [0.717, 1.165) is 12.6 Å². The summed E-state index contributed by atoms with van der Waals surface area (Å²) in [7, 11) is 2.19. The SMILES string of the molecule is CCC(CN)N(C)C1CC1. The van der Waals surface area contributed by atoms with Crippen molar-refractivity contribution in [1.82, 2.24) is 4.90 Å². The molecule has 10 heavy (non-hydrogen) atoms. The molecule has 1 saturated carbocycles. The minimum atomic E-state index is 0.618. The maximum atomic E-state index is 5.61. The van der Waals surface area contributed by atoms with Gasteiger partial charge in [-0.1, -0.05) is 6.92 Å². The predicted octanol–water partition coefficient (Wildman–Crippen LogP) is 0.818. The Hall–Kier alpha value is -0.0800. The van der Waals surface area contributed by atoms with Crippen LogP contribution in [0.25, 0.3) is 0 Å². The zero-order chi connectivity index (χ0) is 7.56. The van der Waals surface area contributed by atoms with E-state index >= 15 is 0 Å². The molecule has 2 heteroatoms. The highest BCUT2D eigenvalue weighted by atomic mass is 15.2. The van der Waals surface area contributed by atoms with Gasteiger partial charge in [0.05, 0.1) is 0 Å². The molecule has 0 amide bonds. The fourth-order valence-corrected chi connectivity index (χ4v) is 1.40. The van der Waals surface area contributed by atoms with Gasteiger partial charge < -0.3 is 5.73 Å². The molecule has 1 atom stereocenters. The largest absolute Gasteiger partial charge is 0.329 e. The van der Waals surface area contributed by atoms with Gasteiger partial charge in [-0.15, -0.1) is 0 Å². The third-order valence-corrected chi connectivity index (χ3v) is 2.44. The summed E-state index contributed by atoms with van der Waals surface area (Å²) in [5.41, 5.74) is 5.61. The van der Waals surface area contributed by atoms with Crippen molar-refractivity contribution in [2.45, 2.75) is 38.3 Å². The van der Waals surface area contributed by atoms with Crippen molar-refractivity contribution < 1.29 is 0 Å². The van der Waals surface area contributed by atoms with E-state index in [2.05, 4.69) is 18.9 Å². The summed E-state index contributed by atoms with van der Waals surface area (Å²) in [6.45, 7) is 3.01. The van der Waals surface area contributed by atoms with Crippen LogP contribution in [0.2, 0.25) is 0 Å². The first-order valence-electron chi connectivity index (χ1n) is 4.21. The molecule has 1 aliphatic carbocycles. The Bertz CT molecular complexity index is 95.4. The van der Waals surface area contributed by atoms with Crippen LogP contribution in [0, 0.1) is 0 Å². The molecular weight excluding hydrogens is 124 g/mol. The smallest absolute Gasteiger partial charge is 0.0215 e. The number of nitrogens with zero attached hydrogens (tertiary/aromatic N) is 1.